The van der Waals surface area contributed by atoms with E-state index in [1.165, 1.54) is 51.5 Å². The first-order valence-electron chi connectivity index (χ1n) is 31.3. The molecule has 0 aliphatic carbocycles. The van der Waals surface area contributed by atoms with Crippen LogP contribution < -0.4 is 30.1 Å². The third-order valence-electron chi connectivity index (χ3n) is 14.1. The molecule has 0 saturated heterocycles. The van der Waals surface area contributed by atoms with E-state index in [2.05, 4.69) is 55.6 Å². The summed E-state index contributed by atoms with van der Waals surface area (Å²) in [5.74, 6) is 2.04. The highest BCUT2D eigenvalue weighted by Gasteiger charge is 2.31. The van der Waals surface area contributed by atoms with Gasteiger partial charge in [0.25, 0.3) is 0 Å². The molecule has 0 radical (unpaired) electrons. The molecule has 0 aliphatic heterocycles. The summed E-state index contributed by atoms with van der Waals surface area (Å²) in [6.45, 7) is 21.4. The predicted molar refractivity (Wildman–Crippen MR) is 386 cm³/mol. The zero-order chi connectivity index (χ0) is 73.0. The van der Waals surface area contributed by atoms with Crippen molar-refractivity contribution in [2.24, 2.45) is 0 Å². The van der Waals surface area contributed by atoms with Gasteiger partial charge in [0.1, 0.15) is 33.8 Å². The van der Waals surface area contributed by atoms with Gasteiger partial charge in [0.05, 0.1) is 121 Å². The molecule has 101 heavy (non-hydrogen) atoms. The Balaban J connectivity index is 0.000000142. The number of fused-ring (bicyclic) bond motifs is 7. The van der Waals surface area contributed by atoms with E-state index >= 15 is 0 Å². The maximum atomic E-state index is 13.2. The van der Waals surface area contributed by atoms with Crippen molar-refractivity contribution in [3.8, 4) is 46.3 Å². The normalized spacial score (nSPS) is 11.7. The third kappa shape index (κ3) is 17.0. The minimum Gasteiger partial charge on any atom is -0.481 e. The average Bonchev–Trinajstić information content (AvgIpc) is 1.59. The SMILES string of the molecule is CC(C)(C)OC(=O)n1ccc2[nH]c(=O)ccc21.COc1ccc2[nH]c(-c3n[nH]c4ccsc34)cc2n1.COc1ccc2[nH]ccc2n1.COc1ccc2c(cc(-c3nn(C(=O)OC(C)(C)C)c4ccsc34)n2C(=O)OC(C)(C)C)n1.COc1ccc2c(cc(B(O)O)n2C(=O)OC(C)(C)C)n1. The fourth-order valence-electron chi connectivity index (χ4n) is 9.93. The molecule has 14 aromatic heterocycles. The molecule has 0 spiro atoms. The van der Waals surface area contributed by atoms with Crippen LogP contribution in [0.4, 0.5) is 19.2 Å². The summed E-state index contributed by atoms with van der Waals surface area (Å²) in [5, 5.41) is 34.7. The van der Waals surface area contributed by atoms with Crippen LogP contribution in [0.25, 0.3) is 98.4 Å². The first kappa shape index (κ1) is 72.4. The minimum absolute atomic E-state index is 0.0139. The summed E-state index contributed by atoms with van der Waals surface area (Å²) in [7, 11) is 4.40. The molecule has 0 saturated carbocycles. The quantitative estimate of drug-likeness (QED) is 0.0637. The molecule has 14 heterocycles. The molecule has 0 aliphatic rings. The van der Waals surface area contributed by atoms with Gasteiger partial charge in [0, 0.05) is 42.7 Å². The van der Waals surface area contributed by atoms with E-state index in [1.807, 2.05) is 54.0 Å². The number of hydrogen-bond acceptors (Lipinski definition) is 23. The maximum absolute atomic E-state index is 13.2. The highest BCUT2D eigenvalue weighted by atomic mass is 32.1. The molecule has 0 aromatic carbocycles. The number of ether oxygens (including phenoxy) is 8. The number of hydrogen-bond donors (Lipinski definition) is 6. The van der Waals surface area contributed by atoms with Crippen LogP contribution >= 0.6 is 22.7 Å². The van der Waals surface area contributed by atoms with Crippen LogP contribution in [0, 0.1) is 0 Å². The molecule has 14 aromatic rings. The van der Waals surface area contributed by atoms with Crippen LogP contribution in [0.2, 0.25) is 0 Å². The molecular formula is C69H75BN14O15S2. The lowest BCUT2D eigenvalue weighted by Gasteiger charge is -2.20. The monoisotopic (exact) mass is 1410 g/mol. The highest BCUT2D eigenvalue weighted by Crippen LogP contribution is 2.37. The topological polar surface area (TPSA) is 360 Å². The largest absolute Gasteiger partial charge is 0.506 e. The van der Waals surface area contributed by atoms with Gasteiger partial charge in [-0.2, -0.15) is 14.9 Å². The summed E-state index contributed by atoms with van der Waals surface area (Å²) in [6, 6.07) is 29.7. The molecular weight excluding hydrogens is 1340 g/mol. The van der Waals surface area contributed by atoms with E-state index in [-0.39, 0.29) is 11.2 Å². The smallest absolute Gasteiger partial charge is 0.481 e. The van der Waals surface area contributed by atoms with Crippen molar-refractivity contribution in [2.75, 3.05) is 28.4 Å². The van der Waals surface area contributed by atoms with Gasteiger partial charge in [0.2, 0.25) is 29.1 Å². The van der Waals surface area contributed by atoms with Gasteiger partial charge in [-0.25, -0.2) is 43.7 Å². The number of carbonyl (C=O) groups excluding carboxylic acids is 4. The molecule has 6 N–H and O–H groups in total. The van der Waals surface area contributed by atoms with Gasteiger partial charge in [-0.1, -0.05) is 0 Å². The van der Waals surface area contributed by atoms with Gasteiger partial charge in [0.15, 0.2) is 0 Å². The zero-order valence-electron chi connectivity index (χ0n) is 58.2. The van der Waals surface area contributed by atoms with E-state index in [0.717, 1.165) is 52.9 Å². The number of H-pyrrole nitrogens is 4. The zero-order valence-corrected chi connectivity index (χ0v) is 59.8. The summed E-state index contributed by atoms with van der Waals surface area (Å²) in [4.78, 5) is 87.6. The fourth-order valence-corrected chi connectivity index (χ4v) is 11.6. The van der Waals surface area contributed by atoms with Gasteiger partial charge < -0.3 is 62.9 Å². The van der Waals surface area contributed by atoms with Gasteiger partial charge >= 0.3 is 31.5 Å². The molecule has 0 fully saturated rings. The molecule has 32 heteroatoms. The number of aromatic amines is 4. The van der Waals surface area contributed by atoms with Gasteiger partial charge in [-0.15, -0.1) is 22.7 Å². The van der Waals surface area contributed by atoms with Crippen molar-refractivity contribution < 1.29 is 67.1 Å². The number of rotatable bonds is 7. The lowest BCUT2D eigenvalue weighted by atomic mass is 9.86. The van der Waals surface area contributed by atoms with Crippen molar-refractivity contribution in [1.29, 1.82) is 0 Å². The lowest BCUT2D eigenvalue weighted by molar-refractivity contribution is 0.0517. The highest BCUT2D eigenvalue weighted by molar-refractivity contribution is 7.18. The summed E-state index contributed by atoms with van der Waals surface area (Å²) in [6.07, 6.45) is 1.10. The van der Waals surface area contributed by atoms with E-state index in [9.17, 15) is 34.0 Å². The number of pyridine rings is 5. The third-order valence-corrected chi connectivity index (χ3v) is 15.9. The summed E-state index contributed by atoms with van der Waals surface area (Å²) in [5.41, 5.74) is 8.55. The van der Waals surface area contributed by atoms with Crippen LogP contribution in [-0.4, -0.2) is 161 Å². The minimum atomic E-state index is -1.82. The molecule has 526 valence electrons. The first-order valence-corrected chi connectivity index (χ1v) is 33.0. The van der Waals surface area contributed by atoms with Crippen LogP contribution in [0.3, 0.4) is 0 Å². The van der Waals surface area contributed by atoms with Crippen LogP contribution in [-0.2, 0) is 18.9 Å². The van der Waals surface area contributed by atoms with Gasteiger partial charge in [-0.3, -0.25) is 19.0 Å². The Labute approximate surface area is 585 Å². The number of methoxy groups -OCH3 is 4. The Hall–Kier alpha value is -11.3. The Morgan fingerprint density at radius 1 is 0.475 bits per heavy atom. The summed E-state index contributed by atoms with van der Waals surface area (Å²) < 4.78 is 49.1. The van der Waals surface area contributed by atoms with E-state index < -0.39 is 53.9 Å². The second kappa shape index (κ2) is 29.2. The van der Waals surface area contributed by atoms with Crippen LogP contribution in [0.15, 0.2) is 131 Å². The standard InChI is InChI=1S/C23H26N4O5S.C13H17BN2O5.C13H10N4OS.C12H14N2O3.C8H8N2O/c1-22(2,3)31-20(28)26-14-8-9-17(30-7)24-13(14)12-16(26)18-19-15(10-11-33-19)27(25-18)21(29)32-23(4,5)6;1-13(2,3)21-12(17)16-9-5-6-11(20-4)15-8(9)7-10(16)14(18)19;1-18-11-3-2-7-9(15-11)6-10(14-7)12-13-8(16-17-12)4-5-19-13;1-12(2,3)17-11(16)14-7-6-8-9(14)4-5-10(15)13-8;1-11-8-3-2-6-7(10-8)4-5-9-6/h8-12H,1-7H3;5-7,18-19H,1-4H3;2-6,14H,1H3,(H,16,17);4-7H,1-3H3,(H,13,15);2-5,9H,1H3. The summed E-state index contributed by atoms with van der Waals surface area (Å²) >= 11 is 3.09. The molecule has 0 atom stereocenters. The predicted octanol–water partition coefficient (Wildman–Crippen LogP) is 13.1. The number of carbonyl (C=O) groups is 4. The Bertz CT molecular complexity index is 5390. The first-order chi connectivity index (χ1) is 47.7. The fraction of sp³-hybridized carbons (Fsp3) is 0.290. The molecule has 29 nitrogen and oxygen atoms in total. The van der Waals surface area contributed by atoms with Gasteiger partial charge in [-0.05, 0) is 167 Å². The number of nitrogens with zero attached hydrogens (tertiary/aromatic N) is 10. The van der Waals surface area contributed by atoms with Crippen molar-refractivity contribution >= 4 is 135 Å². The molecule has 0 unspecified atom stereocenters. The second-order valence-corrected chi connectivity index (χ2v) is 28.1. The van der Waals surface area contributed by atoms with Crippen LogP contribution in [0.5, 0.6) is 23.5 Å². The van der Waals surface area contributed by atoms with Crippen molar-refractivity contribution in [2.45, 2.75) is 105 Å². The molecule has 0 bridgehead atoms. The van der Waals surface area contributed by atoms with E-state index in [0.29, 0.717) is 73.5 Å². The number of aromatic nitrogens is 14. The van der Waals surface area contributed by atoms with Crippen molar-refractivity contribution in [3.63, 3.8) is 0 Å². The Morgan fingerprint density at radius 3 is 1.59 bits per heavy atom. The van der Waals surface area contributed by atoms with Crippen molar-refractivity contribution in [3.05, 3.63) is 137 Å². The van der Waals surface area contributed by atoms with E-state index in [4.69, 9.17) is 37.9 Å². The number of nitrogens with one attached hydrogen (secondary N) is 4. The number of thiophene rings is 2. The van der Waals surface area contributed by atoms with Crippen LogP contribution in [0.1, 0.15) is 83.1 Å². The van der Waals surface area contributed by atoms with Crippen molar-refractivity contribution in [1.82, 2.24) is 68.6 Å². The second-order valence-electron chi connectivity index (χ2n) is 26.3. The van der Waals surface area contributed by atoms with E-state index in [1.54, 1.807) is 163 Å². The Morgan fingerprint density at radius 2 is 0.990 bits per heavy atom. The Kier molecular flexibility index (Phi) is 21.0. The average molecular weight is 1420 g/mol. The maximum Gasteiger partial charge on any atom is 0.506 e. The molecule has 14 rings (SSSR count). The molecule has 0 amide bonds. The lowest BCUT2D eigenvalue weighted by Crippen LogP contribution is -2.40.